The third-order valence-electron chi connectivity index (χ3n) is 2.07. The minimum absolute atomic E-state index is 0.0316. The Morgan fingerprint density at radius 2 is 1.88 bits per heavy atom. The maximum Gasteiger partial charge on any atom is 0.315 e. The molecule has 0 saturated carbocycles. The quantitative estimate of drug-likeness (QED) is 0.578. The van der Waals surface area contributed by atoms with Gasteiger partial charge in [0.25, 0.3) is 0 Å². The number of carboxylic acids is 1. The fourth-order valence-corrected chi connectivity index (χ4v) is 1.21. The maximum absolute atomic E-state index is 11.4. The minimum Gasteiger partial charge on any atom is -0.481 e. The van der Waals surface area contributed by atoms with Gasteiger partial charge in [0.1, 0.15) is 0 Å². The van der Waals surface area contributed by atoms with Gasteiger partial charge in [0, 0.05) is 18.5 Å². The molecule has 0 saturated heterocycles. The lowest BCUT2D eigenvalue weighted by Crippen LogP contribution is -2.44. The van der Waals surface area contributed by atoms with Crippen molar-refractivity contribution in [3.05, 3.63) is 12.7 Å². The molecule has 0 aliphatic rings. The first-order valence-corrected chi connectivity index (χ1v) is 5.35. The summed E-state index contributed by atoms with van der Waals surface area (Å²) in [5, 5.41) is 13.9. The van der Waals surface area contributed by atoms with Gasteiger partial charge in [-0.2, -0.15) is 0 Å². The molecular weight excluding hydrogens is 208 g/mol. The fraction of sp³-hybridized carbons (Fsp3) is 0.636. The van der Waals surface area contributed by atoms with E-state index in [-0.39, 0.29) is 24.5 Å². The van der Waals surface area contributed by atoms with Crippen molar-refractivity contribution in [3.8, 4) is 0 Å². The van der Waals surface area contributed by atoms with Gasteiger partial charge in [0.2, 0.25) is 0 Å². The highest BCUT2D eigenvalue weighted by Crippen LogP contribution is 1.96. The van der Waals surface area contributed by atoms with Crippen molar-refractivity contribution in [2.75, 3.05) is 0 Å². The Bertz CT molecular complexity index is 254. The van der Waals surface area contributed by atoms with Crippen LogP contribution in [0.15, 0.2) is 12.7 Å². The van der Waals surface area contributed by atoms with Crippen LogP contribution in [-0.4, -0.2) is 29.2 Å². The summed E-state index contributed by atoms with van der Waals surface area (Å²) >= 11 is 0. The first-order valence-electron chi connectivity index (χ1n) is 5.35. The molecule has 92 valence electrons. The highest BCUT2D eigenvalue weighted by Gasteiger charge is 2.10. The lowest BCUT2D eigenvalue weighted by Gasteiger charge is -2.16. The van der Waals surface area contributed by atoms with Crippen LogP contribution >= 0.6 is 0 Å². The van der Waals surface area contributed by atoms with E-state index >= 15 is 0 Å². The fourth-order valence-electron chi connectivity index (χ4n) is 1.21. The first kappa shape index (κ1) is 14.5. The number of rotatable bonds is 7. The number of amides is 2. The SMILES string of the molecule is C=CCC(C)NC(=O)NC(C)CCC(=O)O. The average molecular weight is 228 g/mol. The Morgan fingerprint density at radius 1 is 1.31 bits per heavy atom. The first-order chi connectivity index (χ1) is 7.45. The number of carbonyl (C=O) groups excluding carboxylic acids is 1. The molecule has 2 atom stereocenters. The highest BCUT2D eigenvalue weighted by molar-refractivity contribution is 5.74. The van der Waals surface area contributed by atoms with Gasteiger partial charge in [0.15, 0.2) is 0 Å². The maximum atomic E-state index is 11.4. The predicted molar refractivity (Wildman–Crippen MR) is 62.3 cm³/mol. The number of nitrogens with one attached hydrogen (secondary N) is 2. The monoisotopic (exact) mass is 228 g/mol. The van der Waals surface area contributed by atoms with E-state index in [9.17, 15) is 9.59 Å². The van der Waals surface area contributed by atoms with Crippen molar-refractivity contribution >= 4 is 12.0 Å². The number of carbonyl (C=O) groups is 2. The molecule has 0 radical (unpaired) electrons. The van der Waals surface area contributed by atoms with E-state index in [4.69, 9.17) is 5.11 Å². The second-order valence-electron chi connectivity index (χ2n) is 3.88. The van der Waals surface area contributed by atoms with Crippen LogP contribution in [0.2, 0.25) is 0 Å². The molecule has 0 spiro atoms. The summed E-state index contributed by atoms with van der Waals surface area (Å²) in [4.78, 5) is 21.7. The van der Waals surface area contributed by atoms with Crippen LogP contribution in [0, 0.1) is 0 Å². The largest absolute Gasteiger partial charge is 0.481 e. The summed E-state index contributed by atoms with van der Waals surface area (Å²) in [6, 6.07) is -0.386. The van der Waals surface area contributed by atoms with Crippen molar-refractivity contribution in [3.63, 3.8) is 0 Å². The summed E-state index contributed by atoms with van der Waals surface area (Å²) in [6.07, 6.45) is 2.93. The molecule has 0 aliphatic carbocycles. The Kier molecular flexibility index (Phi) is 7.00. The van der Waals surface area contributed by atoms with Crippen LogP contribution in [0.4, 0.5) is 4.79 Å². The van der Waals surface area contributed by atoms with E-state index in [1.165, 1.54) is 0 Å². The summed E-state index contributed by atoms with van der Waals surface area (Å²) in [7, 11) is 0. The van der Waals surface area contributed by atoms with Crippen molar-refractivity contribution in [2.24, 2.45) is 0 Å². The summed E-state index contributed by atoms with van der Waals surface area (Å²) in [5.74, 6) is -0.853. The van der Waals surface area contributed by atoms with Crippen LogP contribution in [0.1, 0.15) is 33.1 Å². The molecular formula is C11H20N2O3. The van der Waals surface area contributed by atoms with E-state index in [2.05, 4.69) is 17.2 Å². The van der Waals surface area contributed by atoms with Gasteiger partial charge in [-0.15, -0.1) is 6.58 Å². The smallest absolute Gasteiger partial charge is 0.315 e. The second-order valence-corrected chi connectivity index (χ2v) is 3.88. The Hall–Kier alpha value is -1.52. The highest BCUT2D eigenvalue weighted by atomic mass is 16.4. The molecule has 0 aromatic rings. The topological polar surface area (TPSA) is 78.4 Å². The minimum atomic E-state index is -0.853. The van der Waals surface area contributed by atoms with Crippen LogP contribution < -0.4 is 10.6 Å². The van der Waals surface area contributed by atoms with Crippen molar-refractivity contribution in [1.29, 1.82) is 0 Å². The van der Waals surface area contributed by atoms with Crippen LogP contribution in [-0.2, 0) is 4.79 Å². The average Bonchev–Trinajstić information content (AvgIpc) is 2.14. The van der Waals surface area contributed by atoms with Crippen LogP contribution in [0.3, 0.4) is 0 Å². The van der Waals surface area contributed by atoms with Crippen molar-refractivity contribution < 1.29 is 14.7 Å². The molecule has 3 N–H and O–H groups in total. The summed E-state index contributed by atoms with van der Waals surface area (Å²) in [5.41, 5.74) is 0. The van der Waals surface area contributed by atoms with Gasteiger partial charge >= 0.3 is 12.0 Å². The molecule has 0 aromatic heterocycles. The third kappa shape index (κ3) is 7.84. The standard InChI is InChI=1S/C11H20N2O3/c1-4-5-8(2)12-11(16)13-9(3)6-7-10(14)15/h4,8-9H,1,5-7H2,2-3H3,(H,14,15)(H2,12,13,16). The van der Waals surface area contributed by atoms with Crippen LogP contribution in [0.5, 0.6) is 0 Å². The Labute approximate surface area is 95.9 Å². The normalized spacial score (nSPS) is 13.6. The molecule has 0 heterocycles. The Morgan fingerprint density at radius 3 is 2.38 bits per heavy atom. The van der Waals surface area contributed by atoms with Gasteiger partial charge in [-0.05, 0) is 26.7 Å². The number of hydrogen-bond acceptors (Lipinski definition) is 2. The molecule has 0 bridgehead atoms. The zero-order valence-corrected chi connectivity index (χ0v) is 9.82. The van der Waals surface area contributed by atoms with E-state index in [1.54, 1.807) is 13.0 Å². The van der Waals surface area contributed by atoms with E-state index < -0.39 is 5.97 Å². The molecule has 2 amide bonds. The second kappa shape index (κ2) is 7.73. The number of carboxylic acid groups (broad SMARTS) is 1. The molecule has 0 rings (SSSR count). The van der Waals surface area contributed by atoms with E-state index in [0.29, 0.717) is 12.8 Å². The molecule has 16 heavy (non-hydrogen) atoms. The molecule has 0 aliphatic heterocycles. The Balaban J connectivity index is 3.77. The van der Waals surface area contributed by atoms with Crippen LogP contribution in [0.25, 0.3) is 0 Å². The van der Waals surface area contributed by atoms with Gasteiger partial charge in [0.05, 0.1) is 0 Å². The third-order valence-corrected chi connectivity index (χ3v) is 2.07. The number of urea groups is 1. The molecule has 0 fully saturated rings. The van der Waals surface area contributed by atoms with E-state index in [0.717, 1.165) is 0 Å². The molecule has 0 aromatic carbocycles. The van der Waals surface area contributed by atoms with Gasteiger partial charge in [-0.1, -0.05) is 6.08 Å². The predicted octanol–water partition coefficient (Wildman–Crippen LogP) is 1.50. The summed E-state index contributed by atoms with van der Waals surface area (Å²) < 4.78 is 0. The van der Waals surface area contributed by atoms with E-state index in [1.807, 2.05) is 6.92 Å². The zero-order chi connectivity index (χ0) is 12.6. The van der Waals surface area contributed by atoms with Gasteiger partial charge in [-0.25, -0.2) is 4.79 Å². The lowest BCUT2D eigenvalue weighted by atomic mass is 10.2. The molecule has 5 heteroatoms. The number of hydrogen-bond donors (Lipinski definition) is 3. The number of aliphatic carboxylic acids is 1. The van der Waals surface area contributed by atoms with Gasteiger partial charge in [-0.3, -0.25) is 4.79 Å². The molecule has 5 nitrogen and oxygen atoms in total. The molecule has 2 unspecified atom stereocenters. The van der Waals surface area contributed by atoms with Crippen molar-refractivity contribution in [2.45, 2.75) is 45.2 Å². The van der Waals surface area contributed by atoms with Gasteiger partial charge < -0.3 is 15.7 Å². The zero-order valence-electron chi connectivity index (χ0n) is 9.82. The van der Waals surface area contributed by atoms with Crippen molar-refractivity contribution in [1.82, 2.24) is 10.6 Å². The lowest BCUT2D eigenvalue weighted by molar-refractivity contribution is -0.137. The summed E-state index contributed by atoms with van der Waals surface area (Å²) in [6.45, 7) is 7.24.